The van der Waals surface area contributed by atoms with Gasteiger partial charge in [0.2, 0.25) is 0 Å². The number of halogens is 1. The average molecular weight is 452 g/mol. The Balaban J connectivity index is 1.79. The number of allylic oxidation sites excluding steroid dienone is 1. The molecule has 0 radical (unpaired) electrons. The van der Waals surface area contributed by atoms with Crippen molar-refractivity contribution >= 4 is 23.2 Å². The van der Waals surface area contributed by atoms with Crippen LogP contribution in [-0.2, 0) is 0 Å². The molecule has 33 heavy (non-hydrogen) atoms. The van der Waals surface area contributed by atoms with Crippen molar-refractivity contribution in [3.8, 4) is 0 Å². The summed E-state index contributed by atoms with van der Waals surface area (Å²) in [5, 5.41) is 0. The van der Waals surface area contributed by atoms with Crippen LogP contribution in [0.5, 0.6) is 0 Å². The van der Waals surface area contributed by atoms with Gasteiger partial charge in [-0.25, -0.2) is 4.39 Å². The molecule has 178 valence electrons. The molecular weight excluding hydrogens is 413 g/mol. The Kier molecular flexibility index (Phi) is 9.49. The minimum Gasteiger partial charge on any atom is -0.372 e. The second-order valence-corrected chi connectivity index (χ2v) is 8.91. The van der Waals surface area contributed by atoms with Crippen LogP contribution in [0.4, 0.5) is 15.8 Å². The highest BCUT2D eigenvalue weighted by molar-refractivity contribution is 6.10. The third kappa shape index (κ3) is 6.91. The zero-order valence-electron chi connectivity index (χ0n) is 20.4. The molecule has 1 fully saturated rings. The molecule has 0 saturated carbocycles. The summed E-state index contributed by atoms with van der Waals surface area (Å²) in [6, 6.07) is 13.2. The molecule has 0 N–H and O–H groups in total. The number of anilines is 2. The molecule has 2 aromatic rings. The van der Waals surface area contributed by atoms with Crippen molar-refractivity contribution in [1.82, 2.24) is 4.90 Å². The third-order valence-electron chi connectivity index (χ3n) is 6.31. The molecule has 5 heteroatoms. The van der Waals surface area contributed by atoms with Crippen molar-refractivity contribution in [3.63, 3.8) is 0 Å². The molecular formula is C28H38FN3O. The summed E-state index contributed by atoms with van der Waals surface area (Å²) in [6.07, 6.45) is 7.96. The first-order chi connectivity index (χ1) is 16.0. The lowest BCUT2D eigenvalue weighted by molar-refractivity contribution is 0.104. The lowest BCUT2D eigenvalue weighted by atomic mass is 10.0. The van der Waals surface area contributed by atoms with E-state index in [4.69, 9.17) is 0 Å². The van der Waals surface area contributed by atoms with Gasteiger partial charge in [0, 0.05) is 45.0 Å². The largest absolute Gasteiger partial charge is 0.372 e. The van der Waals surface area contributed by atoms with Crippen LogP contribution < -0.4 is 9.80 Å². The summed E-state index contributed by atoms with van der Waals surface area (Å²) in [5.74, 6) is -0.749. The maximum atomic E-state index is 14.8. The summed E-state index contributed by atoms with van der Waals surface area (Å²) < 4.78 is 14.8. The standard InChI is InChI=1S/C28H38FN3O/c1-4-6-16-31(17-7-5-2)24-11-8-10-23(22-24)14-15-27(33)28-25(29)12-9-13-26(28)32-20-18-30(3)19-21-32/h8-15,22H,4-7,16-21H2,1-3H3. The van der Waals surface area contributed by atoms with Crippen molar-refractivity contribution in [2.75, 3.05) is 56.1 Å². The van der Waals surface area contributed by atoms with Gasteiger partial charge < -0.3 is 14.7 Å². The van der Waals surface area contributed by atoms with Crippen molar-refractivity contribution in [3.05, 3.63) is 65.5 Å². The van der Waals surface area contributed by atoms with Crippen LogP contribution in [0.25, 0.3) is 6.08 Å². The lowest BCUT2D eigenvalue weighted by Gasteiger charge is -2.35. The smallest absolute Gasteiger partial charge is 0.190 e. The number of unbranched alkanes of at least 4 members (excludes halogenated alkanes) is 2. The van der Waals surface area contributed by atoms with Gasteiger partial charge in [-0.15, -0.1) is 0 Å². The normalized spacial score (nSPS) is 14.7. The molecule has 0 bridgehead atoms. The Hall–Kier alpha value is -2.66. The topological polar surface area (TPSA) is 26.8 Å². The van der Waals surface area contributed by atoms with Crippen molar-refractivity contribution in [1.29, 1.82) is 0 Å². The fraction of sp³-hybridized carbons (Fsp3) is 0.464. The highest BCUT2D eigenvalue weighted by atomic mass is 19.1. The quantitative estimate of drug-likeness (QED) is 0.315. The number of piperazine rings is 1. The summed E-state index contributed by atoms with van der Waals surface area (Å²) in [6.45, 7) is 9.87. The predicted octanol–water partition coefficient (Wildman–Crippen LogP) is 5.88. The second-order valence-electron chi connectivity index (χ2n) is 8.91. The van der Waals surface area contributed by atoms with Crippen LogP contribution in [0.1, 0.15) is 55.5 Å². The highest BCUT2D eigenvalue weighted by Crippen LogP contribution is 2.26. The SMILES string of the molecule is CCCCN(CCCC)c1cccc(C=CC(=O)c2c(F)cccc2N2CCN(C)CC2)c1. The van der Waals surface area contributed by atoms with Gasteiger partial charge >= 0.3 is 0 Å². The first-order valence-corrected chi connectivity index (χ1v) is 12.3. The molecule has 2 aromatic carbocycles. The molecule has 0 aliphatic carbocycles. The Morgan fingerprint density at radius 2 is 1.67 bits per heavy atom. The maximum Gasteiger partial charge on any atom is 0.190 e. The fourth-order valence-corrected chi connectivity index (χ4v) is 4.22. The second kappa shape index (κ2) is 12.5. The zero-order valence-corrected chi connectivity index (χ0v) is 20.4. The molecule has 0 aromatic heterocycles. The molecule has 1 saturated heterocycles. The van der Waals surface area contributed by atoms with Gasteiger partial charge in [0.1, 0.15) is 5.82 Å². The number of carbonyl (C=O) groups is 1. The van der Waals surface area contributed by atoms with Gasteiger partial charge in [-0.3, -0.25) is 4.79 Å². The van der Waals surface area contributed by atoms with Gasteiger partial charge in [0.25, 0.3) is 0 Å². The molecule has 0 spiro atoms. The number of carbonyl (C=O) groups excluding carboxylic acids is 1. The van der Waals surface area contributed by atoms with E-state index in [9.17, 15) is 9.18 Å². The minimum absolute atomic E-state index is 0.168. The van der Waals surface area contributed by atoms with Gasteiger partial charge in [-0.1, -0.05) is 51.0 Å². The predicted molar refractivity (Wildman–Crippen MR) is 138 cm³/mol. The number of hydrogen-bond acceptors (Lipinski definition) is 4. The number of nitrogens with zero attached hydrogens (tertiary/aromatic N) is 3. The Morgan fingerprint density at radius 3 is 2.33 bits per heavy atom. The minimum atomic E-state index is -0.458. The number of ketones is 1. The summed E-state index contributed by atoms with van der Waals surface area (Å²) in [4.78, 5) is 19.9. The molecule has 0 atom stereocenters. The lowest BCUT2D eigenvalue weighted by Crippen LogP contribution is -2.45. The van der Waals surface area contributed by atoms with Crippen LogP contribution in [0.3, 0.4) is 0 Å². The summed E-state index contributed by atoms with van der Waals surface area (Å²) in [5.41, 5.74) is 2.99. The van der Waals surface area contributed by atoms with E-state index in [1.54, 1.807) is 6.07 Å². The van der Waals surface area contributed by atoms with Crippen molar-refractivity contribution < 1.29 is 9.18 Å². The van der Waals surface area contributed by atoms with E-state index in [0.29, 0.717) is 5.69 Å². The average Bonchev–Trinajstić information content (AvgIpc) is 2.83. The van der Waals surface area contributed by atoms with Crippen LogP contribution in [0.15, 0.2) is 48.5 Å². The zero-order chi connectivity index (χ0) is 23.6. The molecule has 1 aliphatic rings. The van der Waals surface area contributed by atoms with Gasteiger partial charge in [0.05, 0.1) is 11.3 Å². The van der Waals surface area contributed by atoms with E-state index in [1.807, 2.05) is 24.3 Å². The van der Waals surface area contributed by atoms with Crippen LogP contribution >= 0.6 is 0 Å². The van der Waals surface area contributed by atoms with Gasteiger partial charge in [0.15, 0.2) is 5.78 Å². The van der Waals surface area contributed by atoms with Crippen LogP contribution in [-0.4, -0.2) is 57.0 Å². The summed E-state index contributed by atoms with van der Waals surface area (Å²) >= 11 is 0. The third-order valence-corrected chi connectivity index (χ3v) is 6.31. The first kappa shape index (κ1) is 25.0. The maximum absolute atomic E-state index is 14.8. The van der Waals surface area contributed by atoms with E-state index < -0.39 is 5.82 Å². The molecule has 0 unspecified atom stereocenters. The fourth-order valence-electron chi connectivity index (χ4n) is 4.22. The monoisotopic (exact) mass is 451 g/mol. The van der Waals surface area contributed by atoms with E-state index in [1.165, 1.54) is 17.8 Å². The first-order valence-electron chi connectivity index (χ1n) is 12.3. The van der Waals surface area contributed by atoms with Crippen LogP contribution in [0, 0.1) is 5.82 Å². The van der Waals surface area contributed by atoms with Crippen molar-refractivity contribution in [2.45, 2.75) is 39.5 Å². The summed E-state index contributed by atoms with van der Waals surface area (Å²) in [7, 11) is 2.08. The highest BCUT2D eigenvalue weighted by Gasteiger charge is 2.22. The molecule has 3 rings (SSSR count). The van der Waals surface area contributed by atoms with E-state index in [2.05, 4.69) is 47.7 Å². The Bertz CT molecular complexity index is 926. The van der Waals surface area contributed by atoms with Gasteiger partial charge in [-0.05, 0) is 55.8 Å². The van der Waals surface area contributed by atoms with Crippen LogP contribution in [0.2, 0.25) is 0 Å². The number of benzene rings is 2. The molecule has 1 heterocycles. The van der Waals surface area contributed by atoms with E-state index in [0.717, 1.165) is 70.5 Å². The van der Waals surface area contributed by atoms with Crippen molar-refractivity contribution in [2.24, 2.45) is 0 Å². The van der Waals surface area contributed by atoms with E-state index >= 15 is 0 Å². The number of rotatable bonds is 11. The van der Waals surface area contributed by atoms with E-state index in [-0.39, 0.29) is 11.3 Å². The molecule has 0 amide bonds. The Labute approximate surface area is 198 Å². The number of likely N-dealkylation sites (N-methyl/N-ethyl adjacent to an activating group) is 1. The molecule has 4 nitrogen and oxygen atoms in total. The van der Waals surface area contributed by atoms with Gasteiger partial charge in [-0.2, -0.15) is 0 Å². The Morgan fingerprint density at radius 1 is 1.00 bits per heavy atom. The number of hydrogen-bond donors (Lipinski definition) is 0. The molecule has 1 aliphatic heterocycles.